The van der Waals surface area contributed by atoms with Crippen molar-refractivity contribution < 1.29 is 19.3 Å². The van der Waals surface area contributed by atoms with Crippen LogP contribution in [0.25, 0.3) is 0 Å². The first-order valence-corrected chi connectivity index (χ1v) is 6.36. The van der Waals surface area contributed by atoms with E-state index in [1.807, 2.05) is 0 Å². The van der Waals surface area contributed by atoms with E-state index in [2.05, 4.69) is 0 Å². The van der Waals surface area contributed by atoms with Gasteiger partial charge in [-0.3, -0.25) is 0 Å². The summed E-state index contributed by atoms with van der Waals surface area (Å²) in [5.74, 6) is 0.162. The number of rotatable bonds is 8. The standard InChI is InChI=1S/C14H21FO3/c1-11(17)13-10-12(15)6-7-14(13)18-9-5-3-2-4-8-16/h6-7,10-11,16-17H,2-5,8-9H2,1H3/t11-/m1/s1. The van der Waals surface area contributed by atoms with Gasteiger partial charge in [0.25, 0.3) is 0 Å². The van der Waals surface area contributed by atoms with Crippen molar-refractivity contribution in [3.8, 4) is 5.75 Å². The molecule has 0 bridgehead atoms. The number of benzene rings is 1. The number of aliphatic hydroxyl groups is 2. The molecule has 0 aliphatic heterocycles. The molecule has 1 atom stereocenters. The average molecular weight is 256 g/mol. The molecule has 18 heavy (non-hydrogen) atoms. The Bertz CT molecular complexity index is 353. The molecule has 3 nitrogen and oxygen atoms in total. The summed E-state index contributed by atoms with van der Waals surface area (Å²) in [4.78, 5) is 0. The molecule has 0 spiro atoms. The molecular formula is C14H21FO3. The average Bonchev–Trinajstić information content (AvgIpc) is 2.35. The van der Waals surface area contributed by atoms with Crippen LogP contribution in [0.1, 0.15) is 44.3 Å². The highest BCUT2D eigenvalue weighted by atomic mass is 19.1. The van der Waals surface area contributed by atoms with Crippen molar-refractivity contribution in [2.45, 2.75) is 38.7 Å². The lowest BCUT2D eigenvalue weighted by Crippen LogP contribution is -2.03. The molecule has 4 heteroatoms. The first-order chi connectivity index (χ1) is 8.65. The molecule has 1 rings (SSSR count). The van der Waals surface area contributed by atoms with E-state index >= 15 is 0 Å². The molecule has 0 fully saturated rings. The van der Waals surface area contributed by atoms with Gasteiger partial charge in [-0.05, 0) is 44.4 Å². The van der Waals surface area contributed by atoms with Crippen molar-refractivity contribution in [1.82, 2.24) is 0 Å². The zero-order valence-electron chi connectivity index (χ0n) is 10.7. The second kappa shape index (κ2) is 8.06. The monoisotopic (exact) mass is 256 g/mol. The van der Waals surface area contributed by atoms with Gasteiger partial charge in [0, 0.05) is 12.2 Å². The van der Waals surface area contributed by atoms with E-state index in [0.29, 0.717) is 17.9 Å². The quantitative estimate of drug-likeness (QED) is 0.703. The van der Waals surface area contributed by atoms with Gasteiger partial charge in [0.05, 0.1) is 12.7 Å². The minimum atomic E-state index is -0.745. The van der Waals surface area contributed by atoms with Crippen LogP contribution >= 0.6 is 0 Å². The predicted molar refractivity (Wildman–Crippen MR) is 68.1 cm³/mol. The molecule has 0 aliphatic carbocycles. The van der Waals surface area contributed by atoms with Crippen LogP contribution in [-0.4, -0.2) is 23.4 Å². The molecule has 0 radical (unpaired) electrons. The van der Waals surface area contributed by atoms with Gasteiger partial charge >= 0.3 is 0 Å². The summed E-state index contributed by atoms with van der Waals surface area (Å²) in [6.45, 7) is 2.35. The van der Waals surface area contributed by atoms with Crippen LogP contribution in [0.3, 0.4) is 0 Å². The molecule has 0 unspecified atom stereocenters. The van der Waals surface area contributed by atoms with Gasteiger partial charge in [0.15, 0.2) is 0 Å². The molecule has 0 saturated carbocycles. The Morgan fingerprint density at radius 1 is 1.22 bits per heavy atom. The summed E-state index contributed by atoms with van der Waals surface area (Å²) in [7, 11) is 0. The number of halogens is 1. The van der Waals surface area contributed by atoms with Crippen LogP contribution in [0, 0.1) is 5.82 Å². The number of hydrogen-bond acceptors (Lipinski definition) is 3. The lowest BCUT2D eigenvalue weighted by Gasteiger charge is -2.13. The number of ether oxygens (including phenoxy) is 1. The lowest BCUT2D eigenvalue weighted by atomic mass is 10.1. The SMILES string of the molecule is C[C@@H](O)c1cc(F)ccc1OCCCCCCO. The van der Waals surface area contributed by atoms with E-state index in [-0.39, 0.29) is 12.4 Å². The maximum Gasteiger partial charge on any atom is 0.125 e. The molecule has 0 aliphatic rings. The topological polar surface area (TPSA) is 49.7 Å². The van der Waals surface area contributed by atoms with E-state index in [4.69, 9.17) is 9.84 Å². The Hall–Kier alpha value is -1.13. The number of hydrogen-bond donors (Lipinski definition) is 2. The largest absolute Gasteiger partial charge is 0.493 e. The molecule has 1 aromatic carbocycles. The van der Waals surface area contributed by atoms with Crippen LogP contribution < -0.4 is 4.74 Å². The van der Waals surface area contributed by atoms with Crippen molar-refractivity contribution in [3.05, 3.63) is 29.6 Å². The minimum absolute atomic E-state index is 0.227. The maximum atomic E-state index is 13.0. The van der Waals surface area contributed by atoms with Gasteiger partial charge in [-0.2, -0.15) is 0 Å². The highest BCUT2D eigenvalue weighted by Gasteiger charge is 2.10. The van der Waals surface area contributed by atoms with Gasteiger partial charge in [0.2, 0.25) is 0 Å². The fourth-order valence-corrected chi connectivity index (χ4v) is 1.73. The highest BCUT2D eigenvalue weighted by molar-refractivity contribution is 5.35. The lowest BCUT2D eigenvalue weighted by molar-refractivity contribution is 0.190. The Morgan fingerprint density at radius 3 is 2.61 bits per heavy atom. The Kier molecular flexibility index (Phi) is 6.68. The molecule has 102 valence electrons. The van der Waals surface area contributed by atoms with Gasteiger partial charge in [-0.1, -0.05) is 6.42 Å². The van der Waals surface area contributed by atoms with Gasteiger partial charge in [0.1, 0.15) is 11.6 Å². The van der Waals surface area contributed by atoms with Crippen molar-refractivity contribution in [3.63, 3.8) is 0 Å². The maximum absolute atomic E-state index is 13.0. The van der Waals surface area contributed by atoms with E-state index in [1.54, 1.807) is 13.0 Å². The zero-order valence-corrected chi connectivity index (χ0v) is 10.7. The summed E-state index contributed by atoms with van der Waals surface area (Å²) >= 11 is 0. The number of aliphatic hydroxyl groups excluding tert-OH is 2. The number of unbranched alkanes of at least 4 members (excludes halogenated alkanes) is 3. The molecule has 0 amide bonds. The predicted octanol–water partition coefficient (Wildman–Crippen LogP) is 2.81. The normalized spacial score (nSPS) is 12.4. The minimum Gasteiger partial charge on any atom is -0.493 e. The molecule has 1 aromatic rings. The van der Waals surface area contributed by atoms with Crippen molar-refractivity contribution in [2.24, 2.45) is 0 Å². The van der Waals surface area contributed by atoms with Crippen molar-refractivity contribution in [1.29, 1.82) is 0 Å². The van der Waals surface area contributed by atoms with Crippen LogP contribution in [0.4, 0.5) is 4.39 Å². The summed E-state index contributed by atoms with van der Waals surface area (Å²) in [5, 5.41) is 18.2. The van der Waals surface area contributed by atoms with E-state index in [1.165, 1.54) is 12.1 Å². The molecular weight excluding hydrogens is 235 g/mol. The van der Waals surface area contributed by atoms with Gasteiger partial charge in [-0.25, -0.2) is 4.39 Å². The molecule has 2 N–H and O–H groups in total. The molecule has 0 heterocycles. The van der Waals surface area contributed by atoms with Crippen LogP contribution in [-0.2, 0) is 0 Å². The zero-order chi connectivity index (χ0) is 13.4. The third-order valence-corrected chi connectivity index (χ3v) is 2.73. The van der Waals surface area contributed by atoms with E-state index in [9.17, 15) is 9.50 Å². The first-order valence-electron chi connectivity index (χ1n) is 6.36. The fourth-order valence-electron chi connectivity index (χ4n) is 1.73. The summed E-state index contributed by atoms with van der Waals surface area (Å²) in [5.41, 5.74) is 0.477. The summed E-state index contributed by atoms with van der Waals surface area (Å²) < 4.78 is 18.6. The third-order valence-electron chi connectivity index (χ3n) is 2.73. The Labute approximate surface area is 107 Å². The Morgan fingerprint density at radius 2 is 1.94 bits per heavy atom. The van der Waals surface area contributed by atoms with Gasteiger partial charge in [-0.15, -0.1) is 0 Å². The summed E-state index contributed by atoms with van der Waals surface area (Å²) in [6.07, 6.45) is 2.93. The van der Waals surface area contributed by atoms with Crippen LogP contribution in [0.5, 0.6) is 5.75 Å². The second-order valence-corrected chi connectivity index (χ2v) is 4.34. The molecule has 0 aromatic heterocycles. The van der Waals surface area contributed by atoms with E-state index in [0.717, 1.165) is 25.7 Å². The fraction of sp³-hybridized carbons (Fsp3) is 0.571. The van der Waals surface area contributed by atoms with Crippen LogP contribution in [0.2, 0.25) is 0 Å². The second-order valence-electron chi connectivity index (χ2n) is 4.34. The highest BCUT2D eigenvalue weighted by Crippen LogP contribution is 2.26. The van der Waals surface area contributed by atoms with Crippen molar-refractivity contribution >= 4 is 0 Å². The first kappa shape index (κ1) is 14.9. The van der Waals surface area contributed by atoms with Crippen LogP contribution in [0.15, 0.2) is 18.2 Å². The third kappa shape index (κ3) is 5.02. The van der Waals surface area contributed by atoms with Crippen molar-refractivity contribution in [2.75, 3.05) is 13.2 Å². The summed E-state index contributed by atoms with van der Waals surface area (Å²) in [6, 6.07) is 4.17. The molecule has 0 saturated heterocycles. The van der Waals surface area contributed by atoms with Gasteiger partial charge < -0.3 is 14.9 Å². The smallest absolute Gasteiger partial charge is 0.125 e. The van der Waals surface area contributed by atoms with E-state index < -0.39 is 6.10 Å². The Balaban J connectivity index is 2.42.